The van der Waals surface area contributed by atoms with Gasteiger partial charge in [0, 0.05) is 44.5 Å². The molecular weight excluding hydrogens is 741 g/mol. The molecule has 4 nitrogen and oxygen atoms in total. The molecule has 0 saturated heterocycles. The van der Waals surface area contributed by atoms with Crippen LogP contribution in [0.4, 0.5) is 34.1 Å². The summed E-state index contributed by atoms with van der Waals surface area (Å²) in [5.41, 5.74) is 19.4. The van der Waals surface area contributed by atoms with Crippen LogP contribution < -0.4 is 9.80 Å². The number of aliphatic imine (C=N–C) groups is 2. The Hall–Kier alpha value is -7.30. The van der Waals surface area contributed by atoms with Gasteiger partial charge in [0.25, 0.3) is 0 Å². The molecule has 1 atom stereocenters. The van der Waals surface area contributed by atoms with E-state index in [-0.39, 0.29) is 10.8 Å². The number of benzene rings is 8. The van der Waals surface area contributed by atoms with Gasteiger partial charge in [-0.3, -0.25) is 0 Å². The first-order valence-corrected chi connectivity index (χ1v) is 21.3. The predicted octanol–water partition coefficient (Wildman–Crippen LogP) is 14.1. The Morgan fingerprint density at radius 3 is 1.21 bits per heavy atom. The van der Waals surface area contributed by atoms with Gasteiger partial charge in [-0.25, -0.2) is 9.98 Å². The van der Waals surface area contributed by atoms with Crippen LogP contribution in [0.1, 0.15) is 72.2 Å². The minimum Gasteiger partial charge on any atom is -0.310 e. The maximum absolute atomic E-state index is 5.84. The van der Waals surface area contributed by atoms with E-state index < -0.39 is 5.66 Å². The summed E-state index contributed by atoms with van der Waals surface area (Å²) in [6.45, 7) is 9.33. The first-order chi connectivity index (χ1) is 29.8. The SMILES string of the molecule is CC1(C)c2ccccc2N(c2ccc(C3=NC4(N=C3c3ccccc3)c3ccccc3-c3ccc(N5c6ccccc6C(C)(C)c6ccccc65)cc34)cc2)c2ccccc21. The monoisotopic (exact) mass is 784 g/mol. The van der Waals surface area contributed by atoms with Gasteiger partial charge < -0.3 is 9.80 Å². The molecule has 1 aliphatic carbocycles. The zero-order valence-electron chi connectivity index (χ0n) is 34.8. The summed E-state index contributed by atoms with van der Waals surface area (Å²) in [4.78, 5) is 16.5. The molecule has 0 N–H and O–H groups in total. The van der Waals surface area contributed by atoms with Gasteiger partial charge in [-0.2, -0.15) is 0 Å². The number of rotatable bonds is 4. The van der Waals surface area contributed by atoms with Gasteiger partial charge >= 0.3 is 0 Å². The second-order valence-electron chi connectivity index (χ2n) is 17.8. The van der Waals surface area contributed by atoms with Crippen LogP contribution in [-0.4, -0.2) is 11.4 Å². The molecule has 3 heterocycles. The average molecular weight is 785 g/mol. The molecule has 8 aromatic rings. The van der Waals surface area contributed by atoms with E-state index in [1.165, 1.54) is 56.1 Å². The predicted molar refractivity (Wildman–Crippen MR) is 252 cm³/mol. The Kier molecular flexibility index (Phi) is 7.51. The Bertz CT molecular complexity index is 3060. The molecule has 1 unspecified atom stereocenters. The van der Waals surface area contributed by atoms with Crippen LogP contribution in [0.15, 0.2) is 204 Å². The summed E-state index contributed by atoms with van der Waals surface area (Å²) in [6.07, 6.45) is 0. The second kappa shape index (κ2) is 12.8. The maximum Gasteiger partial charge on any atom is 0.204 e. The van der Waals surface area contributed by atoms with E-state index in [0.29, 0.717) is 0 Å². The molecule has 12 rings (SSSR count). The van der Waals surface area contributed by atoms with Crippen LogP contribution in [0.2, 0.25) is 0 Å². The quantitative estimate of drug-likeness (QED) is 0.178. The fourth-order valence-corrected chi connectivity index (χ4v) is 10.7. The van der Waals surface area contributed by atoms with E-state index in [1.54, 1.807) is 0 Å². The highest BCUT2D eigenvalue weighted by Crippen LogP contribution is 2.57. The Labute approximate surface area is 357 Å². The van der Waals surface area contributed by atoms with Crippen LogP contribution in [0, 0.1) is 0 Å². The summed E-state index contributed by atoms with van der Waals surface area (Å²) in [5.74, 6) is 0. The molecule has 292 valence electrons. The largest absolute Gasteiger partial charge is 0.310 e. The third-order valence-corrected chi connectivity index (χ3v) is 13.7. The van der Waals surface area contributed by atoms with E-state index in [2.05, 4.69) is 232 Å². The first-order valence-electron chi connectivity index (χ1n) is 21.3. The van der Waals surface area contributed by atoms with Crippen molar-refractivity contribution in [2.24, 2.45) is 9.98 Å². The molecule has 4 aliphatic rings. The third-order valence-electron chi connectivity index (χ3n) is 13.7. The molecule has 3 aliphatic heterocycles. The van der Waals surface area contributed by atoms with Crippen molar-refractivity contribution in [2.45, 2.75) is 44.2 Å². The highest BCUT2D eigenvalue weighted by molar-refractivity contribution is 6.54. The summed E-state index contributed by atoms with van der Waals surface area (Å²) in [6, 6.07) is 70.5. The van der Waals surface area contributed by atoms with Gasteiger partial charge in [-0.15, -0.1) is 0 Å². The van der Waals surface area contributed by atoms with Crippen LogP contribution in [0.3, 0.4) is 0 Å². The number of fused-ring (bicyclic) bond motifs is 9. The van der Waals surface area contributed by atoms with Gasteiger partial charge in [0.2, 0.25) is 5.66 Å². The van der Waals surface area contributed by atoms with Crippen molar-refractivity contribution in [1.29, 1.82) is 0 Å². The molecule has 0 bridgehead atoms. The summed E-state index contributed by atoms with van der Waals surface area (Å²) < 4.78 is 0. The van der Waals surface area contributed by atoms with E-state index in [0.717, 1.165) is 45.1 Å². The van der Waals surface area contributed by atoms with Gasteiger partial charge in [-0.05, 0) is 81.9 Å². The topological polar surface area (TPSA) is 31.2 Å². The van der Waals surface area contributed by atoms with Crippen LogP contribution in [0.5, 0.6) is 0 Å². The van der Waals surface area contributed by atoms with Gasteiger partial charge in [0.15, 0.2) is 0 Å². The third kappa shape index (κ3) is 4.99. The minimum absolute atomic E-state index is 0.122. The molecular formula is C57H44N4. The number of anilines is 6. The van der Waals surface area contributed by atoms with Crippen LogP contribution >= 0.6 is 0 Å². The zero-order chi connectivity index (χ0) is 41.1. The van der Waals surface area contributed by atoms with Gasteiger partial charge in [0.05, 0.1) is 34.2 Å². The molecule has 0 amide bonds. The fourth-order valence-electron chi connectivity index (χ4n) is 10.7. The summed E-state index contributed by atoms with van der Waals surface area (Å²) in [7, 11) is 0. The van der Waals surface area contributed by atoms with Crippen molar-refractivity contribution in [3.63, 3.8) is 0 Å². The molecule has 1 spiro atoms. The highest BCUT2D eigenvalue weighted by Gasteiger charge is 2.48. The highest BCUT2D eigenvalue weighted by atomic mass is 15.2. The van der Waals surface area contributed by atoms with Crippen molar-refractivity contribution in [2.75, 3.05) is 9.80 Å². The molecule has 0 aromatic heterocycles. The lowest BCUT2D eigenvalue weighted by Crippen LogP contribution is -2.30. The Morgan fingerprint density at radius 2 is 0.705 bits per heavy atom. The molecule has 8 aromatic carbocycles. The van der Waals surface area contributed by atoms with Crippen molar-refractivity contribution in [1.82, 2.24) is 0 Å². The minimum atomic E-state index is -0.967. The van der Waals surface area contributed by atoms with Crippen molar-refractivity contribution >= 4 is 45.5 Å². The van der Waals surface area contributed by atoms with E-state index in [4.69, 9.17) is 9.98 Å². The van der Waals surface area contributed by atoms with Crippen molar-refractivity contribution < 1.29 is 0 Å². The summed E-state index contributed by atoms with van der Waals surface area (Å²) in [5, 5.41) is 0. The Morgan fingerprint density at radius 1 is 0.328 bits per heavy atom. The Balaban J connectivity index is 1.03. The van der Waals surface area contributed by atoms with Crippen LogP contribution in [0.25, 0.3) is 11.1 Å². The lowest BCUT2D eigenvalue weighted by atomic mass is 9.73. The maximum atomic E-state index is 5.84. The van der Waals surface area contributed by atoms with E-state index in [9.17, 15) is 0 Å². The van der Waals surface area contributed by atoms with Gasteiger partial charge in [-0.1, -0.05) is 173 Å². The van der Waals surface area contributed by atoms with E-state index >= 15 is 0 Å². The lowest BCUT2D eigenvalue weighted by Gasteiger charge is -2.42. The number of hydrogen-bond acceptors (Lipinski definition) is 4. The average Bonchev–Trinajstić information content (AvgIpc) is 3.83. The lowest BCUT2D eigenvalue weighted by molar-refractivity contribution is 0.605. The first kappa shape index (κ1) is 35.6. The number of hydrogen-bond donors (Lipinski definition) is 0. The molecule has 0 saturated carbocycles. The van der Waals surface area contributed by atoms with Crippen LogP contribution in [-0.2, 0) is 16.5 Å². The standard InChI is InChI=1S/C57H44N4/c1-55(2)44-22-10-14-26-49(44)60(50-27-15-11-23-45(50)55)39-32-30-38(31-33-39)54-53(37-18-6-5-7-19-37)58-57(59-54)43-21-9-8-20-41(43)42-35-34-40(36-48(42)57)61-51-28-16-12-24-46(51)56(3,4)47-25-13-17-29-52(47)61/h5-36H,1-4H3. The smallest absolute Gasteiger partial charge is 0.204 e. The summed E-state index contributed by atoms with van der Waals surface area (Å²) >= 11 is 0. The van der Waals surface area contributed by atoms with Gasteiger partial charge in [0.1, 0.15) is 0 Å². The molecule has 4 heteroatoms. The normalized spacial score (nSPS) is 18.3. The second-order valence-corrected chi connectivity index (χ2v) is 17.8. The van der Waals surface area contributed by atoms with Crippen molar-refractivity contribution in [3.05, 3.63) is 239 Å². The molecule has 0 radical (unpaired) electrons. The number of para-hydroxylation sites is 4. The molecule has 61 heavy (non-hydrogen) atoms. The fraction of sp³-hybridized carbons (Fsp3) is 0.123. The van der Waals surface area contributed by atoms with Crippen molar-refractivity contribution in [3.8, 4) is 11.1 Å². The van der Waals surface area contributed by atoms with E-state index in [1.807, 2.05) is 0 Å². The molecule has 0 fully saturated rings. The number of nitrogens with zero attached hydrogens (tertiary/aromatic N) is 4. The zero-order valence-corrected chi connectivity index (χ0v) is 34.8.